The van der Waals surface area contributed by atoms with Crippen LogP contribution in [0, 0.1) is 6.92 Å². The number of hydrogen-bond donors (Lipinski definition) is 0. The second-order valence-electron chi connectivity index (χ2n) is 3.03. The van der Waals surface area contributed by atoms with Crippen molar-refractivity contribution in [1.29, 1.82) is 0 Å². The van der Waals surface area contributed by atoms with Crippen molar-refractivity contribution in [3.63, 3.8) is 0 Å². The van der Waals surface area contributed by atoms with Gasteiger partial charge in [0.1, 0.15) is 5.03 Å². The van der Waals surface area contributed by atoms with Gasteiger partial charge in [-0.15, -0.1) is 0 Å². The number of halogens is 1. The van der Waals surface area contributed by atoms with Crippen LogP contribution in [0.4, 0.5) is 0 Å². The van der Waals surface area contributed by atoms with Gasteiger partial charge in [0, 0.05) is 19.4 Å². The van der Waals surface area contributed by atoms with E-state index in [0.717, 1.165) is 20.3 Å². The van der Waals surface area contributed by atoms with E-state index in [9.17, 15) is 0 Å². The van der Waals surface area contributed by atoms with Crippen molar-refractivity contribution >= 4 is 27.7 Å². The quantitative estimate of drug-likeness (QED) is 0.795. The monoisotopic (exact) mass is 284 g/mol. The average molecular weight is 285 g/mol. The van der Waals surface area contributed by atoms with Gasteiger partial charge in [-0.1, -0.05) is 0 Å². The summed E-state index contributed by atoms with van der Waals surface area (Å²) < 4.78 is 2.71. The van der Waals surface area contributed by atoms with E-state index in [0.29, 0.717) is 0 Å². The predicted molar refractivity (Wildman–Crippen MR) is 61.8 cm³/mol. The topological polar surface area (TPSA) is 43.6 Å². The third kappa shape index (κ3) is 2.57. The number of nitrogens with zero attached hydrogens (tertiary/aromatic N) is 4. The lowest BCUT2D eigenvalue weighted by Crippen LogP contribution is -1.93. The first-order valence-electron chi connectivity index (χ1n) is 4.31. The molecule has 78 valence electrons. The molecule has 0 radical (unpaired) electrons. The SMILES string of the molecule is Cc1cc(Sc2ncc(Br)cn2)n(C)n1. The van der Waals surface area contributed by atoms with Crippen LogP contribution < -0.4 is 0 Å². The van der Waals surface area contributed by atoms with Crippen LogP contribution in [0.1, 0.15) is 5.69 Å². The van der Waals surface area contributed by atoms with Crippen molar-refractivity contribution in [3.05, 3.63) is 28.6 Å². The minimum Gasteiger partial charge on any atom is -0.261 e. The van der Waals surface area contributed by atoms with E-state index in [1.807, 2.05) is 24.7 Å². The predicted octanol–water partition coefficient (Wildman–Crippen LogP) is 2.43. The molecule has 0 fully saturated rings. The standard InChI is InChI=1S/C9H9BrN4S/c1-6-3-8(14(2)13-6)15-9-11-4-7(10)5-12-9/h3-5H,1-2H3. The Hall–Kier alpha value is -0.880. The first kappa shape index (κ1) is 10.6. The molecule has 2 heterocycles. The van der Waals surface area contributed by atoms with E-state index >= 15 is 0 Å². The van der Waals surface area contributed by atoms with E-state index in [1.165, 1.54) is 11.8 Å². The highest BCUT2D eigenvalue weighted by Crippen LogP contribution is 2.24. The van der Waals surface area contributed by atoms with Gasteiger partial charge in [-0.25, -0.2) is 9.97 Å². The van der Waals surface area contributed by atoms with Crippen molar-refractivity contribution < 1.29 is 0 Å². The Kier molecular flexibility index (Phi) is 3.06. The van der Waals surface area contributed by atoms with Crippen molar-refractivity contribution in [2.24, 2.45) is 7.05 Å². The molecule has 2 aromatic heterocycles. The van der Waals surface area contributed by atoms with Crippen LogP contribution in [0.3, 0.4) is 0 Å². The van der Waals surface area contributed by atoms with Gasteiger partial charge in [0.05, 0.1) is 10.2 Å². The fourth-order valence-corrected chi connectivity index (χ4v) is 2.13. The molecule has 0 N–H and O–H groups in total. The van der Waals surface area contributed by atoms with Crippen LogP contribution in [0.2, 0.25) is 0 Å². The molecular formula is C9H9BrN4S. The Morgan fingerprint density at radius 1 is 1.33 bits per heavy atom. The second kappa shape index (κ2) is 4.32. The molecule has 0 bridgehead atoms. The molecule has 0 unspecified atom stereocenters. The zero-order valence-corrected chi connectivity index (χ0v) is 10.7. The molecule has 15 heavy (non-hydrogen) atoms. The fourth-order valence-electron chi connectivity index (χ4n) is 1.13. The van der Waals surface area contributed by atoms with Gasteiger partial charge in [0.15, 0.2) is 5.16 Å². The molecule has 0 aliphatic rings. The van der Waals surface area contributed by atoms with Crippen LogP contribution in [0.25, 0.3) is 0 Å². The van der Waals surface area contributed by atoms with Crippen LogP contribution >= 0.6 is 27.7 Å². The van der Waals surface area contributed by atoms with Crippen LogP contribution in [0.5, 0.6) is 0 Å². The Balaban J connectivity index is 2.21. The molecule has 2 rings (SSSR count). The summed E-state index contributed by atoms with van der Waals surface area (Å²) >= 11 is 4.80. The highest BCUT2D eigenvalue weighted by Gasteiger charge is 2.05. The lowest BCUT2D eigenvalue weighted by atomic mass is 10.5. The molecule has 0 saturated carbocycles. The third-order valence-electron chi connectivity index (χ3n) is 1.75. The number of aromatic nitrogens is 4. The minimum atomic E-state index is 0.723. The fraction of sp³-hybridized carbons (Fsp3) is 0.222. The maximum absolute atomic E-state index is 4.26. The summed E-state index contributed by atoms with van der Waals surface area (Å²) in [6, 6.07) is 2.01. The average Bonchev–Trinajstić information content (AvgIpc) is 2.49. The van der Waals surface area contributed by atoms with Crippen molar-refractivity contribution in [2.75, 3.05) is 0 Å². The molecular weight excluding hydrogens is 276 g/mol. The number of rotatable bonds is 2. The van der Waals surface area contributed by atoms with Gasteiger partial charge in [-0.3, -0.25) is 4.68 Å². The molecule has 2 aromatic rings. The smallest absolute Gasteiger partial charge is 0.193 e. The lowest BCUT2D eigenvalue weighted by Gasteiger charge is -1.99. The first-order valence-corrected chi connectivity index (χ1v) is 5.92. The number of aryl methyl sites for hydroxylation is 2. The Morgan fingerprint density at radius 2 is 2.00 bits per heavy atom. The van der Waals surface area contributed by atoms with Crippen molar-refractivity contribution in [3.8, 4) is 0 Å². The van der Waals surface area contributed by atoms with E-state index in [-0.39, 0.29) is 0 Å². The summed E-state index contributed by atoms with van der Waals surface area (Å²) in [6.45, 7) is 1.96. The molecule has 0 spiro atoms. The normalized spacial score (nSPS) is 10.6. The van der Waals surface area contributed by atoms with E-state index < -0.39 is 0 Å². The maximum atomic E-state index is 4.26. The Labute approximate surface area is 100 Å². The summed E-state index contributed by atoms with van der Waals surface area (Å²) in [7, 11) is 1.91. The van der Waals surface area contributed by atoms with Gasteiger partial charge >= 0.3 is 0 Å². The van der Waals surface area contributed by atoms with Crippen LogP contribution in [-0.2, 0) is 7.05 Å². The zero-order valence-electron chi connectivity index (χ0n) is 8.31. The zero-order chi connectivity index (χ0) is 10.8. The van der Waals surface area contributed by atoms with Gasteiger partial charge in [-0.05, 0) is 40.7 Å². The van der Waals surface area contributed by atoms with E-state index in [2.05, 4.69) is 31.0 Å². The minimum absolute atomic E-state index is 0.723. The maximum Gasteiger partial charge on any atom is 0.193 e. The van der Waals surface area contributed by atoms with Crippen molar-refractivity contribution in [1.82, 2.24) is 19.7 Å². The summed E-state index contributed by atoms with van der Waals surface area (Å²) in [5, 5.41) is 6.02. The third-order valence-corrected chi connectivity index (χ3v) is 3.15. The molecule has 0 aliphatic heterocycles. The summed E-state index contributed by atoms with van der Waals surface area (Å²) in [5.41, 5.74) is 0.997. The lowest BCUT2D eigenvalue weighted by molar-refractivity contribution is 0.691. The van der Waals surface area contributed by atoms with Crippen LogP contribution in [-0.4, -0.2) is 19.7 Å². The highest BCUT2D eigenvalue weighted by atomic mass is 79.9. The van der Waals surface area contributed by atoms with Gasteiger partial charge in [0.2, 0.25) is 0 Å². The summed E-state index contributed by atoms with van der Waals surface area (Å²) in [5.74, 6) is 0. The molecule has 0 aliphatic carbocycles. The highest BCUT2D eigenvalue weighted by molar-refractivity contribution is 9.10. The van der Waals surface area contributed by atoms with E-state index in [1.54, 1.807) is 12.4 Å². The van der Waals surface area contributed by atoms with E-state index in [4.69, 9.17) is 0 Å². The summed E-state index contributed by atoms with van der Waals surface area (Å²) in [4.78, 5) is 8.38. The largest absolute Gasteiger partial charge is 0.261 e. The molecule has 0 atom stereocenters. The number of hydrogen-bond acceptors (Lipinski definition) is 4. The van der Waals surface area contributed by atoms with Gasteiger partial charge < -0.3 is 0 Å². The Bertz CT molecular complexity index is 465. The van der Waals surface area contributed by atoms with Gasteiger partial charge in [0.25, 0.3) is 0 Å². The molecule has 0 saturated heterocycles. The van der Waals surface area contributed by atoms with Gasteiger partial charge in [-0.2, -0.15) is 5.10 Å². The molecule has 0 aromatic carbocycles. The second-order valence-corrected chi connectivity index (χ2v) is 4.94. The van der Waals surface area contributed by atoms with Crippen molar-refractivity contribution in [2.45, 2.75) is 17.1 Å². The van der Waals surface area contributed by atoms with Crippen LogP contribution in [0.15, 0.2) is 33.1 Å². The molecule has 0 amide bonds. The molecule has 6 heteroatoms. The molecule has 4 nitrogen and oxygen atoms in total. The Morgan fingerprint density at radius 3 is 2.53 bits per heavy atom. The first-order chi connectivity index (χ1) is 7.15. The summed E-state index contributed by atoms with van der Waals surface area (Å²) in [6.07, 6.45) is 3.47.